The third-order valence-electron chi connectivity index (χ3n) is 16.4. The van der Waals surface area contributed by atoms with Crippen molar-refractivity contribution >= 4 is 19.8 Å². The van der Waals surface area contributed by atoms with Crippen molar-refractivity contribution in [3.8, 4) is 0 Å². The van der Waals surface area contributed by atoms with Gasteiger partial charge in [-0.05, 0) is 89.9 Å². The molecule has 0 aliphatic carbocycles. The van der Waals surface area contributed by atoms with E-state index in [1.54, 1.807) is 0 Å². The minimum Gasteiger partial charge on any atom is -0.462 e. The highest BCUT2D eigenvalue weighted by Crippen LogP contribution is 2.43. The predicted molar refractivity (Wildman–Crippen MR) is 394 cm³/mol. The Kier molecular flexibility index (Phi) is 72.5. The third-order valence-corrected chi connectivity index (χ3v) is 17.3. The molecular weight excluding hydrogens is 1150 g/mol. The average molecular weight is 1290 g/mol. The van der Waals surface area contributed by atoms with Crippen molar-refractivity contribution in [1.82, 2.24) is 0 Å². The maximum absolute atomic E-state index is 12.8. The maximum Gasteiger partial charge on any atom is 0.472 e. The van der Waals surface area contributed by atoms with Gasteiger partial charge in [0.2, 0.25) is 0 Å². The minimum absolute atomic E-state index is 0.0442. The van der Waals surface area contributed by atoms with Crippen LogP contribution in [0.5, 0.6) is 0 Å². The summed E-state index contributed by atoms with van der Waals surface area (Å²) >= 11 is 0. The van der Waals surface area contributed by atoms with Crippen molar-refractivity contribution in [3.63, 3.8) is 0 Å². The first-order chi connectivity index (χ1) is 44.8. The van der Waals surface area contributed by atoms with Crippen LogP contribution in [0.25, 0.3) is 0 Å². The standard InChI is InChI=1S/C81H142NO8P/c1-3-5-7-9-11-13-15-17-19-21-23-25-27-29-31-33-35-37-39-41-43-45-47-49-51-53-55-57-59-61-63-65-67-69-71-73-80(83)87-77-79(78-89-91(85,86)88-76-75-82)90-81(84)74-72-70-68-66-64-62-60-58-56-54-52-50-48-46-44-42-40-38-36-34-32-30-28-26-24-22-20-18-16-14-12-10-8-6-4-2/h6,8,12,14,18,20,24,26,30,32,36,38,42,44,48,50,54,56,60,62,79H,3-5,7,9-11,13,15-17,19,21-23,25,27-29,31,33-35,37,39-41,43,45-47,49,51-53,55,57-59,61,63-78,82H2,1-2H3,(H,85,86)/b8-6-,14-12-,20-18-,26-24-,32-30-,38-36-,44-42-,50-48-,56-54-,62-60-. The number of ether oxygens (including phenoxy) is 2. The van der Waals surface area contributed by atoms with Gasteiger partial charge in [-0.1, -0.05) is 367 Å². The van der Waals surface area contributed by atoms with Gasteiger partial charge in [0.15, 0.2) is 6.10 Å². The predicted octanol–water partition coefficient (Wildman–Crippen LogP) is 25.4. The summed E-state index contributed by atoms with van der Waals surface area (Å²) < 4.78 is 33.2. The van der Waals surface area contributed by atoms with Crippen LogP contribution in [0.4, 0.5) is 0 Å². The van der Waals surface area contributed by atoms with E-state index in [1.807, 2.05) is 0 Å². The van der Waals surface area contributed by atoms with E-state index in [-0.39, 0.29) is 38.6 Å². The molecule has 0 heterocycles. The lowest BCUT2D eigenvalue weighted by Crippen LogP contribution is -2.29. The summed E-state index contributed by atoms with van der Waals surface area (Å²) in [5, 5.41) is 0. The third kappa shape index (κ3) is 75.3. The van der Waals surface area contributed by atoms with E-state index < -0.39 is 26.5 Å². The van der Waals surface area contributed by atoms with Crippen LogP contribution in [0.1, 0.15) is 348 Å². The lowest BCUT2D eigenvalue weighted by Gasteiger charge is -2.19. The van der Waals surface area contributed by atoms with Gasteiger partial charge in [-0.25, -0.2) is 4.57 Å². The molecule has 0 aliphatic heterocycles. The Morgan fingerprint density at radius 2 is 0.604 bits per heavy atom. The Balaban J connectivity index is 3.91. The van der Waals surface area contributed by atoms with Gasteiger partial charge >= 0.3 is 19.8 Å². The first kappa shape index (κ1) is 87.4. The summed E-state index contributed by atoms with van der Waals surface area (Å²) in [5.41, 5.74) is 5.41. The number of hydrogen-bond acceptors (Lipinski definition) is 8. The van der Waals surface area contributed by atoms with Crippen LogP contribution in [0.15, 0.2) is 122 Å². The second-order valence-electron chi connectivity index (χ2n) is 25.1. The molecule has 0 rings (SSSR count). The SMILES string of the molecule is CC/C=C\C/C=C\C/C=C\C/C=C\C/C=C\C/C=C\C/C=C\C/C=C\C/C=C\C/C=C\CCCCCCC(=O)OC(COC(=O)CCCCCCCCCCCCCCCCCCCCCCCCCCCCCCCCCCCCC)COP(=O)(O)OCCN. The Morgan fingerprint density at radius 3 is 0.901 bits per heavy atom. The molecule has 0 saturated heterocycles. The molecule has 524 valence electrons. The van der Waals surface area contributed by atoms with Gasteiger partial charge in [0, 0.05) is 19.4 Å². The molecule has 0 aromatic carbocycles. The van der Waals surface area contributed by atoms with Crippen LogP contribution >= 0.6 is 7.82 Å². The van der Waals surface area contributed by atoms with Crippen LogP contribution in [0.3, 0.4) is 0 Å². The molecule has 0 aromatic rings. The number of allylic oxidation sites excluding steroid dienone is 20. The maximum atomic E-state index is 12.8. The molecule has 91 heavy (non-hydrogen) atoms. The van der Waals surface area contributed by atoms with Crippen molar-refractivity contribution in [2.75, 3.05) is 26.4 Å². The second-order valence-corrected chi connectivity index (χ2v) is 26.6. The molecule has 0 aliphatic rings. The molecule has 10 heteroatoms. The van der Waals surface area contributed by atoms with Crippen LogP contribution in [-0.2, 0) is 32.7 Å². The largest absolute Gasteiger partial charge is 0.472 e. The highest BCUT2D eigenvalue weighted by Gasteiger charge is 2.26. The molecule has 2 atom stereocenters. The topological polar surface area (TPSA) is 134 Å². The van der Waals surface area contributed by atoms with Crippen molar-refractivity contribution in [2.24, 2.45) is 5.73 Å². The number of unbranched alkanes of at least 4 members (excludes halogenated alkanes) is 38. The van der Waals surface area contributed by atoms with Crippen LogP contribution < -0.4 is 5.73 Å². The van der Waals surface area contributed by atoms with Crippen LogP contribution in [0.2, 0.25) is 0 Å². The quantitative estimate of drug-likeness (QED) is 0.0264. The average Bonchev–Trinajstić information content (AvgIpc) is 3.68. The fraction of sp³-hybridized carbons (Fsp3) is 0.728. The Bertz CT molecular complexity index is 1910. The van der Waals surface area contributed by atoms with E-state index in [1.165, 1.54) is 205 Å². The smallest absolute Gasteiger partial charge is 0.462 e. The van der Waals surface area contributed by atoms with Crippen molar-refractivity contribution in [3.05, 3.63) is 122 Å². The molecular formula is C81H142NO8P. The van der Waals surface area contributed by atoms with E-state index in [0.717, 1.165) is 109 Å². The zero-order valence-corrected chi connectivity index (χ0v) is 59.9. The number of phosphoric ester groups is 1. The molecule has 0 bridgehead atoms. The highest BCUT2D eigenvalue weighted by molar-refractivity contribution is 7.47. The lowest BCUT2D eigenvalue weighted by molar-refractivity contribution is -0.161. The molecule has 9 nitrogen and oxygen atoms in total. The molecule has 0 radical (unpaired) electrons. The van der Waals surface area contributed by atoms with E-state index >= 15 is 0 Å². The molecule has 0 spiro atoms. The Labute approximate surface area is 561 Å². The van der Waals surface area contributed by atoms with Crippen molar-refractivity contribution in [2.45, 2.75) is 354 Å². The number of carbonyl (C=O) groups excluding carboxylic acids is 2. The van der Waals surface area contributed by atoms with E-state index in [4.69, 9.17) is 24.3 Å². The van der Waals surface area contributed by atoms with Gasteiger partial charge in [-0.2, -0.15) is 0 Å². The zero-order chi connectivity index (χ0) is 65.8. The second kappa shape index (κ2) is 75.4. The monoisotopic (exact) mass is 1290 g/mol. The van der Waals surface area contributed by atoms with E-state index in [9.17, 15) is 19.0 Å². The number of esters is 2. The normalized spacial score (nSPS) is 13.6. The van der Waals surface area contributed by atoms with Crippen molar-refractivity contribution in [1.29, 1.82) is 0 Å². The van der Waals surface area contributed by atoms with Crippen LogP contribution in [0, 0.1) is 0 Å². The lowest BCUT2D eigenvalue weighted by atomic mass is 10.0. The Morgan fingerprint density at radius 1 is 0.341 bits per heavy atom. The van der Waals surface area contributed by atoms with Gasteiger partial charge in [0.25, 0.3) is 0 Å². The number of carbonyl (C=O) groups is 2. The molecule has 0 saturated carbocycles. The van der Waals surface area contributed by atoms with Gasteiger partial charge in [0.05, 0.1) is 13.2 Å². The number of phosphoric acid groups is 1. The number of rotatable bonds is 71. The number of nitrogens with two attached hydrogens (primary N) is 1. The minimum atomic E-state index is -4.41. The molecule has 0 fully saturated rings. The van der Waals surface area contributed by atoms with E-state index in [2.05, 4.69) is 135 Å². The van der Waals surface area contributed by atoms with Gasteiger partial charge < -0.3 is 20.1 Å². The molecule has 0 aromatic heterocycles. The summed E-state index contributed by atoms with van der Waals surface area (Å²) in [6.45, 7) is 3.64. The summed E-state index contributed by atoms with van der Waals surface area (Å²) in [4.78, 5) is 35.4. The molecule has 3 N–H and O–H groups in total. The highest BCUT2D eigenvalue weighted by atomic mass is 31.2. The summed E-state index contributed by atoms with van der Waals surface area (Å²) in [7, 11) is -4.41. The van der Waals surface area contributed by atoms with E-state index in [0.29, 0.717) is 6.42 Å². The van der Waals surface area contributed by atoms with Crippen LogP contribution in [-0.4, -0.2) is 49.3 Å². The fourth-order valence-electron chi connectivity index (χ4n) is 10.8. The number of hydrogen-bond donors (Lipinski definition) is 2. The summed E-state index contributed by atoms with van der Waals surface area (Å²) in [6, 6.07) is 0. The van der Waals surface area contributed by atoms with Gasteiger partial charge in [-0.15, -0.1) is 0 Å². The zero-order valence-electron chi connectivity index (χ0n) is 59.1. The fourth-order valence-corrected chi connectivity index (χ4v) is 11.6. The van der Waals surface area contributed by atoms with Gasteiger partial charge in [0.1, 0.15) is 6.61 Å². The van der Waals surface area contributed by atoms with Crippen molar-refractivity contribution < 1.29 is 37.6 Å². The van der Waals surface area contributed by atoms with Gasteiger partial charge in [-0.3, -0.25) is 18.6 Å². The molecule has 2 unspecified atom stereocenters. The summed E-state index contributed by atoms with van der Waals surface area (Å²) in [5.74, 6) is -0.851. The Hall–Kier alpha value is -3.59. The first-order valence-corrected chi connectivity index (χ1v) is 39.5. The molecule has 0 amide bonds. The summed E-state index contributed by atoms with van der Waals surface area (Å²) in [6.07, 6.45) is 106. The first-order valence-electron chi connectivity index (χ1n) is 38.0.